The average molecular weight is 466 g/mol. The lowest BCUT2D eigenvalue weighted by Gasteiger charge is -2.33. The van der Waals surface area contributed by atoms with Gasteiger partial charge in [-0.25, -0.2) is 4.98 Å². The van der Waals surface area contributed by atoms with E-state index in [2.05, 4.69) is 32.2 Å². The first-order valence-electron chi connectivity index (χ1n) is 10.5. The van der Waals surface area contributed by atoms with Crippen molar-refractivity contribution in [1.29, 1.82) is 0 Å². The number of hydrogen-bond acceptors (Lipinski definition) is 8. The zero-order chi connectivity index (χ0) is 21.9. The molecule has 4 heterocycles. The molecule has 0 N–H and O–H groups in total. The van der Waals surface area contributed by atoms with Crippen molar-refractivity contribution in [3.63, 3.8) is 0 Å². The van der Waals surface area contributed by atoms with Gasteiger partial charge >= 0.3 is 0 Å². The Morgan fingerprint density at radius 1 is 1.06 bits per heavy atom. The zero-order valence-electron chi connectivity index (χ0n) is 17.7. The molecular weight excluding hydrogens is 442 g/mol. The van der Waals surface area contributed by atoms with E-state index in [1.54, 1.807) is 11.3 Å². The van der Waals surface area contributed by atoms with Crippen LogP contribution in [0.5, 0.6) is 0 Å². The van der Waals surface area contributed by atoms with Gasteiger partial charge in [0.1, 0.15) is 4.88 Å². The molecule has 5 rings (SSSR count). The smallest absolute Gasteiger partial charge is 0.265 e. The van der Waals surface area contributed by atoms with Crippen molar-refractivity contribution in [2.24, 2.45) is 0 Å². The zero-order valence-corrected chi connectivity index (χ0v) is 19.4. The quantitative estimate of drug-likeness (QED) is 0.427. The fourth-order valence-electron chi connectivity index (χ4n) is 3.77. The molecule has 164 valence electrons. The van der Waals surface area contributed by atoms with Crippen LogP contribution in [0.3, 0.4) is 0 Å². The third-order valence-corrected chi connectivity index (χ3v) is 7.47. The van der Waals surface area contributed by atoms with Gasteiger partial charge in [0.2, 0.25) is 11.7 Å². The standard InChI is InChI=1S/C23H23N5O2S2/c1-16-21(32-20(24-16)14-17-6-3-2-4-7-17)23(29)28-11-9-27(10-12-28)15-19-25-22(26-30-19)18-8-5-13-31-18/h2-8,13H,9-12,14-15H2,1H3. The Hall–Kier alpha value is -2.88. The molecule has 3 aromatic heterocycles. The minimum atomic E-state index is 0.0803. The number of thiophene rings is 1. The summed E-state index contributed by atoms with van der Waals surface area (Å²) in [5.74, 6) is 1.32. The number of benzene rings is 1. The van der Waals surface area contributed by atoms with Crippen molar-refractivity contribution >= 4 is 28.6 Å². The van der Waals surface area contributed by atoms with Gasteiger partial charge in [0.15, 0.2) is 0 Å². The van der Waals surface area contributed by atoms with Crippen molar-refractivity contribution < 1.29 is 9.32 Å². The van der Waals surface area contributed by atoms with Gasteiger partial charge in [0, 0.05) is 32.6 Å². The van der Waals surface area contributed by atoms with Crippen LogP contribution in [-0.2, 0) is 13.0 Å². The van der Waals surface area contributed by atoms with Crippen LogP contribution in [0, 0.1) is 6.92 Å². The summed E-state index contributed by atoms with van der Waals surface area (Å²) in [6.07, 6.45) is 0.755. The van der Waals surface area contributed by atoms with Gasteiger partial charge in [-0.05, 0) is 23.9 Å². The monoisotopic (exact) mass is 465 g/mol. The second kappa shape index (κ2) is 9.32. The number of nitrogens with zero attached hydrogens (tertiary/aromatic N) is 5. The summed E-state index contributed by atoms with van der Waals surface area (Å²) in [6.45, 7) is 5.43. The molecule has 9 heteroatoms. The van der Waals surface area contributed by atoms with Gasteiger partial charge in [-0.3, -0.25) is 9.69 Å². The highest BCUT2D eigenvalue weighted by atomic mass is 32.1. The first kappa shape index (κ1) is 21.0. The van der Waals surface area contributed by atoms with Gasteiger partial charge in [0.25, 0.3) is 5.91 Å². The molecule has 4 aromatic rings. The Bertz CT molecular complexity index is 1180. The van der Waals surface area contributed by atoms with Crippen molar-refractivity contribution in [1.82, 2.24) is 24.9 Å². The maximum atomic E-state index is 13.1. The van der Waals surface area contributed by atoms with Crippen molar-refractivity contribution in [2.45, 2.75) is 19.9 Å². The summed E-state index contributed by atoms with van der Waals surface area (Å²) in [6, 6.07) is 14.2. The molecule has 1 aliphatic heterocycles. The minimum absolute atomic E-state index is 0.0803. The van der Waals surface area contributed by atoms with Crippen molar-refractivity contribution in [2.75, 3.05) is 26.2 Å². The summed E-state index contributed by atoms with van der Waals surface area (Å²) in [5, 5.41) is 7.05. The molecule has 0 unspecified atom stereocenters. The van der Waals surface area contributed by atoms with Gasteiger partial charge in [0.05, 0.1) is 22.1 Å². The van der Waals surface area contributed by atoms with E-state index in [0.29, 0.717) is 31.3 Å². The van der Waals surface area contributed by atoms with Crippen LogP contribution < -0.4 is 0 Å². The van der Waals surface area contributed by atoms with E-state index in [4.69, 9.17) is 4.52 Å². The van der Waals surface area contributed by atoms with E-state index in [1.165, 1.54) is 16.9 Å². The van der Waals surface area contributed by atoms with Crippen molar-refractivity contribution in [3.8, 4) is 10.7 Å². The van der Waals surface area contributed by atoms with Crippen LogP contribution in [0.15, 0.2) is 52.4 Å². The molecule has 0 aliphatic carbocycles. The molecule has 0 spiro atoms. The highest BCUT2D eigenvalue weighted by Gasteiger charge is 2.26. The number of rotatable bonds is 6. The highest BCUT2D eigenvalue weighted by molar-refractivity contribution is 7.14. The lowest BCUT2D eigenvalue weighted by Crippen LogP contribution is -2.48. The maximum absolute atomic E-state index is 13.1. The van der Waals surface area contributed by atoms with E-state index in [-0.39, 0.29) is 5.91 Å². The highest BCUT2D eigenvalue weighted by Crippen LogP contribution is 2.24. The number of aryl methyl sites for hydroxylation is 1. The second-order valence-corrected chi connectivity index (χ2v) is 9.77. The Morgan fingerprint density at radius 3 is 2.62 bits per heavy atom. The number of piperazine rings is 1. The molecule has 0 saturated carbocycles. The largest absolute Gasteiger partial charge is 0.338 e. The molecule has 0 atom stereocenters. The van der Waals surface area contributed by atoms with Gasteiger partial charge in [-0.15, -0.1) is 22.7 Å². The molecule has 7 nitrogen and oxygen atoms in total. The fraction of sp³-hybridized carbons (Fsp3) is 0.304. The van der Waals surface area contributed by atoms with E-state index in [0.717, 1.165) is 40.0 Å². The summed E-state index contributed by atoms with van der Waals surface area (Å²) in [7, 11) is 0. The molecular formula is C23H23N5O2S2. The summed E-state index contributed by atoms with van der Waals surface area (Å²) >= 11 is 3.11. The molecule has 0 bridgehead atoms. The Morgan fingerprint density at radius 2 is 1.88 bits per heavy atom. The number of aromatic nitrogens is 3. The minimum Gasteiger partial charge on any atom is -0.338 e. The van der Waals surface area contributed by atoms with Crippen LogP contribution in [0.2, 0.25) is 0 Å². The Labute approximate surface area is 194 Å². The molecule has 1 aromatic carbocycles. The summed E-state index contributed by atoms with van der Waals surface area (Å²) in [5.41, 5.74) is 2.03. The molecule has 0 radical (unpaired) electrons. The SMILES string of the molecule is Cc1nc(Cc2ccccc2)sc1C(=O)N1CCN(Cc2nc(-c3cccs3)no2)CC1. The number of hydrogen-bond donors (Lipinski definition) is 0. The third kappa shape index (κ3) is 4.64. The second-order valence-electron chi connectivity index (χ2n) is 7.74. The predicted molar refractivity (Wildman–Crippen MR) is 125 cm³/mol. The van der Waals surface area contributed by atoms with Gasteiger partial charge in [-0.2, -0.15) is 4.98 Å². The molecule has 1 saturated heterocycles. The Kier molecular flexibility index (Phi) is 6.11. The Balaban J connectivity index is 1.17. The number of carbonyl (C=O) groups is 1. The molecule has 32 heavy (non-hydrogen) atoms. The average Bonchev–Trinajstić information content (AvgIpc) is 3.56. The summed E-state index contributed by atoms with van der Waals surface area (Å²) < 4.78 is 5.42. The van der Waals surface area contributed by atoms with Gasteiger partial charge in [-0.1, -0.05) is 41.6 Å². The fourth-order valence-corrected chi connectivity index (χ4v) is 5.48. The normalized spacial score (nSPS) is 14.7. The van der Waals surface area contributed by atoms with Crippen LogP contribution >= 0.6 is 22.7 Å². The first-order valence-corrected chi connectivity index (χ1v) is 12.2. The number of carbonyl (C=O) groups excluding carboxylic acids is 1. The third-order valence-electron chi connectivity index (χ3n) is 5.46. The van der Waals surface area contributed by atoms with Crippen molar-refractivity contribution in [3.05, 3.63) is 74.9 Å². The predicted octanol–water partition coefficient (Wildman–Crippen LogP) is 4.11. The lowest BCUT2D eigenvalue weighted by atomic mass is 10.2. The topological polar surface area (TPSA) is 75.4 Å². The van der Waals surface area contributed by atoms with Gasteiger partial charge < -0.3 is 9.42 Å². The van der Waals surface area contributed by atoms with E-state index >= 15 is 0 Å². The first-order chi connectivity index (χ1) is 15.7. The lowest BCUT2D eigenvalue weighted by molar-refractivity contribution is 0.0619. The molecule has 1 fully saturated rings. The number of thiazole rings is 1. The summed E-state index contributed by atoms with van der Waals surface area (Å²) in [4.78, 5) is 28.2. The molecule has 1 aliphatic rings. The van der Waals surface area contributed by atoms with E-state index in [9.17, 15) is 4.79 Å². The van der Waals surface area contributed by atoms with E-state index < -0.39 is 0 Å². The maximum Gasteiger partial charge on any atom is 0.265 e. The van der Waals surface area contributed by atoms with Crippen LogP contribution in [-0.4, -0.2) is 57.0 Å². The van der Waals surface area contributed by atoms with Crippen LogP contribution in [0.25, 0.3) is 10.7 Å². The number of amides is 1. The molecule has 1 amide bonds. The van der Waals surface area contributed by atoms with Crippen LogP contribution in [0.4, 0.5) is 0 Å². The van der Waals surface area contributed by atoms with E-state index in [1.807, 2.05) is 47.5 Å². The van der Waals surface area contributed by atoms with Crippen LogP contribution in [0.1, 0.15) is 31.8 Å².